The average molecular weight is 410 g/mol. The van der Waals surface area contributed by atoms with Gasteiger partial charge in [0.25, 0.3) is 14.0 Å². The zero-order valence-electron chi connectivity index (χ0n) is 15.9. The summed E-state index contributed by atoms with van der Waals surface area (Å²) in [5.41, 5.74) is -0.328. The summed E-state index contributed by atoms with van der Waals surface area (Å²) < 4.78 is 36.6. The molecular weight excluding hydrogens is 386 g/mol. The lowest BCUT2D eigenvalue weighted by atomic mass is 10.2. The van der Waals surface area contributed by atoms with Crippen molar-refractivity contribution in [3.05, 3.63) is 58.6 Å². The molecule has 0 spiro atoms. The van der Waals surface area contributed by atoms with E-state index in [1.807, 2.05) is 13.1 Å². The number of nitro groups is 1. The summed E-state index contributed by atoms with van der Waals surface area (Å²) in [6.45, 7) is 10.3. The third kappa shape index (κ3) is 4.86. The molecule has 0 bridgehead atoms. The maximum Gasteiger partial charge on any atom is 0.339 e. The van der Waals surface area contributed by atoms with Crippen molar-refractivity contribution in [2.45, 2.75) is 43.8 Å². The molecule has 0 fully saturated rings. The molecule has 0 atom stereocenters. The highest BCUT2D eigenvalue weighted by Crippen LogP contribution is 2.40. The highest BCUT2D eigenvalue weighted by molar-refractivity contribution is 7.87. The highest BCUT2D eigenvalue weighted by Gasteiger charge is 2.39. The van der Waals surface area contributed by atoms with E-state index in [0.29, 0.717) is 5.75 Å². The van der Waals surface area contributed by atoms with Gasteiger partial charge in [0.1, 0.15) is 10.6 Å². The summed E-state index contributed by atoms with van der Waals surface area (Å²) in [4.78, 5) is 9.95. The first-order chi connectivity index (χ1) is 12.3. The highest BCUT2D eigenvalue weighted by atomic mass is 32.2. The minimum Gasteiger partial charge on any atom is -0.541 e. The van der Waals surface area contributed by atoms with Gasteiger partial charge in [-0.05, 0) is 36.3 Å². The Morgan fingerprint density at radius 2 is 1.59 bits per heavy atom. The number of nitrogens with zero attached hydrogens (tertiary/aromatic N) is 1. The monoisotopic (exact) mass is 409 g/mol. The molecule has 0 aromatic heterocycles. The van der Waals surface area contributed by atoms with E-state index < -0.39 is 23.4 Å². The minimum atomic E-state index is -4.25. The Morgan fingerprint density at radius 1 is 1.00 bits per heavy atom. The quantitative estimate of drug-likeness (QED) is 0.296. The minimum absolute atomic E-state index is 0.0498. The maximum atomic E-state index is 12.6. The molecule has 27 heavy (non-hydrogen) atoms. The van der Waals surface area contributed by atoms with Crippen LogP contribution in [0.15, 0.2) is 53.4 Å². The van der Waals surface area contributed by atoms with Crippen molar-refractivity contribution in [2.24, 2.45) is 0 Å². The zero-order chi connectivity index (χ0) is 20.5. The number of benzene rings is 2. The van der Waals surface area contributed by atoms with Gasteiger partial charge in [-0.25, -0.2) is 0 Å². The molecule has 7 nitrogen and oxygen atoms in total. The molecule has 0 N–H and O–H groups in total. The molecule has 0 radical (unpaired) electrons. The van der Waals surface area contributed by atoms with Crippen LogP contribution >= 0.6 is 0 Å². The Hall–Kier alpha value is -2.39. The fourth-order valence-electron chi connectivity index (χ4n) is 1.95. The van der Waals surface area contributed by atoms with Crippen LogP contribution in [0.25, 0.3) is 0 Å². The molecule has 0 amide bonds. The van der Waals surface area contributed by atoms with Crippen molar-refractivity contribution in [3.8, 4) is 11.5 Å². The molecule has 0 aliphatic carbocycles. The van der Waals surface area contributed by atoms with Crippen molar-refractivity contribution in [1.29, 1.82) is 0 Å². The Morgan fingerprint density at radius 3 is 2.15 bits per heavy atom. The average Bonchev–Trinajstić information content (AvgIpc) is 2.55. The van der Waals surface area contributed by atoms with Crippen LogP contribution in [0.3, 0.4) is 0 Å². The molecule has 0 unspecified atom stereocenters. The predicted octanol–water partition coefficient (Wildman–Crippen LogP) is 4.75. The number of hydrogen-bond acceptors (Lipinski definition) is 6. The van der Waals surface area contributed by atoms with E-state index in [-0.39, 0.29) is 21.4 Å². The predicted molar refractivity (Wildman–Crippen MR) is 105 cm³/mol. The van der Waals surface area contributed by atoms with E-state index in [2.05, 4.69) is 20.8 Å². The summed E-state index contributed by atoms with van der Waals surface area (Å²) in [6.07, 6.45) is 0. The van der Waals surface area contributed by atoms with Gasteiger partial charge in [0.2, 0.25) is 0 Å². The number of hydrogen-bond donors (Lipinski definition) is 0. The number of para-hydroxylation sites is 2. The SMILES string of the molecule is CC(C)(C)[Si](C)(C)Oc1ccccc1OS(=O)(=O)c1cccc([N+](=O)[O-])c1. The number of non-ortho nitro benzene ring substituents is 1. The zero-order valence-corrected chi connectivity index (χ0v) is 17.7. The molecule has 9 heteroatoms. The Labute approximate surface area is 160 Å². The van der Waals surface area contributed by atoms with Gasteiger partial charge in [-0.15, -0.1) is 0 Å². The molecule has 0 saturated carbocycles. The summed E-state index contributed by atoms with van der Waals surface area (Å²) in [5, 5.41) is 10.8. The summed E-state index contributed by atoms with van der Waals surface area (Å²) in [7, 11) is -6.47. The third-order valence-electron chi connectivity index (χ3n) is 4.54. The Kier molecular flexibility index (Phi) is 5.67. The standard InChI is InChI=1S/C18H23NO6SSi/c1-18(2,3)27(4,5)25-17-12-7-6-11-16(17)24-26(22,23)15-10-8-9-14(13-15)19(20)21/h6-13H,1-5H3. The maximum absolute atomic E-state index is 12.6. The van der Waals surface area contributed by atoms with Crippen LogP contribution in [0.1, 0.15) is 20.8 Å². The normalized spacial score (nSPS) is 12.5. The van der Waals surface area contributed by atoms with E-state index >= 15 is 0 Å². The first-order valence-electron chi connectivity index (χ1n) is 8.30. The van der Waals surface area contributed by atoms with E-state index in [0.717, 1.165) is 6.07 Å². The van der Waals surface area contributed by atoms with E-state index in [9.17, 15) is 18.5 Å². The smallest absolute Gasteiger partial charge is 0.339 e. The molecule has 2 aromatic rings. The Bertz CT molecular complexity index is 950. The van der Waals surface area contributed by atoms with Gasteiger partial charge < -0.3 is 8.61 Å². The van der Waals surface area contributed by atoms with Crippen molar-refractivity contribution in [3.63, 3.8) is 0 Å². The van der Waals surface area contributed by atoms with Gasteiger partial charge in [-0.2, -0.15) is 8.42 Å². The fraction of sp³-hybridized carbons (Fsp3) is 0.333. The Balaban J connectivity index is 2.38. The van der Waals surface area contributed by atoms with Crippen molar-refractivity contribution in [1.82, 2.24) is 0 Å². The van der Waals surface area contributed by atoms with Crippen LogP contribution in [0.5, 0.6) is 11.5 Å². The topological polar surface area (TPSA) is 95.7 Å². The molecule has 0 saturated heterocycles. The first kappa shape index (κ1) is 20.9. The van der Waals surface area contributed by atoms with Crippen LogP contribution < -0.4 is 8.61 Å². The first-order valence-corrected chi connectivity index (χ1v) is 12.6. The lowest BCUT2D eigenvalue weighted by molar-refractivity contribution is -0.385. The molecule has 0 aliphatic rings. The van der Waals surface area contributed by atoms with Gasteiger partial charge in [0.05, 0.1) is 4.92 Å². The summed E-state index contributed by atoms with van der Waals surface area (Å²) in [6, 6.07) is 11.2. The van der Waals surface area contributed by atoms with Gasteiger partial charge >= 0.3 is 10.1 Å². The molecule has 146 valence electrons. The van der Waals surface area contributed by atoms with Crippen molar-refractivity contribution in [2.75, 3.05) is 0 Å². The van der Waals surface area contributed by atoms with E-state index in [4.69, 9.17) is 8.61 Å². The second kappa shape index (κ2) is 7.32. The summed E-state index contributed by atoms with van der Waals surface area (Å²) >= 11 is 0. The van der Waals surface area contributed by atoms with Crippen LogP contribution in [0, 0.1) is 10.1 Å². The second-order valence-electron chi connectivity index (χ2n) is 7.60. The molecule has 0 aliphatic heterocycles. The fourth-order valence-corrected chi connectivity index (χ4v) is 3.96. The van der Waals surface area contributed by atoms with E-state index in [1.165, 1.54) is 24.3 Å². The number of nitro benzene ring substituents is 1. The van der Waals surface area contributed by atoms with Crippen LogP contribution in [-0.2, 0) is 10.1 Å². The van der Waals surface area contributed by atoms with Gasteiger partial charge in [-0.1, -0.05) is 39.0 Å². The molecule has 2 aromatic carbocycles. The third-order valence-corrected chi connectivity index (χ3v) is 10.1. The van der Waals surface area contributed by atoms with E-state index in [1.54, 1.807) is 18.2 Å². The molecule has 2 rings (SSSR count). The largest absolute Gasteiger partial charge is 0.541 e. The van der Waals surface area contributed by atoms with Crippen LogP contribution in [0.4, 0.5) is 5.69 Å². The van der Waals surface area contributed by atoms with Crippen molar-refractivity contribution >= 4 is 24.1 Å². The lowest BCUT2D eigenvalue weighted by Crippen LogP contribution is -2.43. The summed E-state index contributed by atoms with van der Waals surface area (Å²) in [5.74, 6) is 0.381. The van der Waals surface area contributed by atoms with Crippen LogP contribution in [0.2, 0.25) is 18.1 Å². The number of rotatable bonds is 6. The lowest BCUT2D eigenvalue weighted by Gasteiger charge is -2.36. The van der Waals surface area contributed by atoms with Crippen molar-refractivity contribution < 1.29 is 22.0 Å². The molecular formula is C18H23NO6SSi. The van der Waals surface area contributed by atoms with Gasteiger partial charge in [0.15, 0.2) is 5.75 Å². The second-order valence-corrected chi connectivity index (χ2v) is 13.9. The van der Waals surface area contributed by atoms with Gasteiger partial charge in [0, 0.05) is 12.1 Å². The van der Waals surface area contributed by atoms with Crippen LogP contribution in [-0.4, -0.2) is 21.7 Å². The van der Waals surface area contributed by atoms with Gasteiger partial charge in [-0.3, -0.25) is 10.1 Å². The molecule has 0 heterocycles.